The van der Waals surface area contributed by atoms with Gasteiger partial charge in [0.1, 0.15) is 11.6 Å². The highest BCUT2D eigenvalue weighted by Gasteiger charge is 2.13. The first-order valence-electron chi connectivity index (χ1n) is 6.36. The van der Waals surface area contributed by atoms with Gasteiger partial charge in [-0.3, -0.25) is 10.1 Å². The number of nitrogens with one attached hydrogen (secondary N) is 1. The molecule has 0 saturated carbocycles. The number of nitro benzene ring substituents is 1. The van der Waals surface area contributed by atoms with Crippen LogP contribution in [-0.2, 0) is 13.1 Å². The Kier molecular flexibility index (Phi) is 4.84. The number of nitrogens with zero attached hydrogens (tertiary/aromatic N) is 1. The van der Waals surface area contributed by atoms with Gasteiger partial charge in [0.05, 0.1) is 12.0 Å². The lowest BCUT2D eigenvalue weighted by Crippen LogP contribution is -2.14. The number of benzene rings is 2. The average Bonchev–Trinajstić information content (AvgIpc) is 2.48. The molecule has 21 heavy (non-hydrogen) atoms. The van der Waals surface area contributed by atoms with E-state index in [2.05, 4.69) is 5.32 Å². The van der Waals surface area contributed by atoms with Crippen molar-refractivity contribution in [3.05, 3.63) is 69.5 Å². The zero-order valence-corrected chi connectivity index (χ0v) is 11.5. The Morgan fingerprint density at radius 3 is 2.52 bits per heavy atom. The van der Waals surface area contributed by atoms with E-state index >= 15 is 0 Å². The molecule has 0 amide bonds. The molecule has 5 nitrogen and oxygen atoms in total. The van der Waals surface area contributed by atoms with E-state index in [1.807, 2.05) is 24.3 Å². The van der Waals surface area contributed by atoms with E-state index in [9.17, 15) is 14.5 Å². The van der Waals surface area contributed by atoms with Crippen LogP contribution in [0.15, 0.2) is 42.5 Å². The van der Waals surface area contributed by atoms with Gasteiger partial charge in [-0.05, 0) is 29.8 Å². The summed E-state index contributed by atoms with van der Waals surface area (Å²) in [5.41, 5.74) is 1.25. The fraction of sp³-hybridized carbons (Fsp3) is 0.200. The third-order valence-electron chi connectivity index (χ3n) is 3.04. The minimum Gasteiger partial charge on any atom is -0.497 e. The lowest BCUT2D eigenvalue weighted by Gasteiger charge is -2.07. The Balaban J connectivity index is 1.99. The van der Waals surface area contributed by atoms with Crippen molar-refractivity contribution < 1.29 is 14.1 Å². The van der Waals surface area contributed by atoms with Crippen LogP contribution in [0.4, 0.5) is 10.1 Å². The Hall–Kier alpha value is -2.47. The zero-order chi connectivity index (χ0) is 15.2. The molecule has 110 valence electrons. The normalized spacial score (nSPS) is 10.4. The summed E-state index contributed by atoms with van der Waals surface area (Å²) >= 11 is 0. The molecule has 0 fully saturated rings. The van der Waals surface area contributed by atoms with Crippen LogP contribution in [0, 0.1) is 15.9 Å². The van der Waals surface area contributed by atoms with Crippen LogP contribution in [0.25, 0.3) is 0 Å². The van der Waals surface area contributed by atoms with Gasteiger partial charge in [0.2, 0.25) is 0 Å². The van der Waals surface area contributed by atoms with Crippen molar-refractivity contribution in [2.24, 2.45) is 0 Å². The smallest absolute Gasteiger partial charge is 0.274 e. The predicted molar refractivity (Wildman–Crippen MR) is 76.6 cm³/mol. The molecule has 0 spiro atoms. The van der Waals surface area contributed by atoms with Gasteiger partial charge in [-0.2, -0.15) is 0 Å². The molecule has 0 saturated heterocycles. The second kappa shape index (κ2) is 6.81. The molecule has 2 rings (SSSR count). The maximum Gasteiger partial charge on any atom is 0.274 e. The fourth-order valence-electron chi connectivity index (χ4n) is 1.96. The fourth-order valence-corrected chi connectivity index (χ4v) is 1.96. The van der Waals surface area contributed by atoms with Crippen LogP contribution in [-0.4, -0.2) is 12.0 Å². The zero-order valence-electron chi connectivity index (χ0n) is 11.5. The highest BCUT2D eigenvalue weighted by molar-refractivity contribution is 5.40. The van der Waals surface area contributed by atoms with Gasteiger partial charge < -0.3 is 10.1 Å². The van der Waals surface area contributed by atoms with Crippen molar-refractivity contribution in [1.82, 2.24) is 5.32 Å². The summed E-state index contributed by atoms with van der Waals surface area (Å²) < 4.78 is 18.2. The molecule has 2 aromatic carbocycles. The molecule has 0 unspecified atom stereocenters. The Morgan fingerprint density at radius 2 is 1.90 bits per heavy atom. The van der Waals surface area contributed by atoms with Crippen LogP contribution >= 0.6 is 0 Å². The number of methoxy groups -OCH3 is 1. The minimum absolute atomic E-state index is 0.0846. The van der Waals surface area contributed by atoms with E-state index in [0.29, 0.717) is 12.1 Å². The van der Waals surface area contributed by atoms with Gasteiger partial charge in [0, 0.05) is 24.7 Å². The van der Waals surface area contributed by atoms with Crippen molar-refractivity contribution in [2.45, 2.75) is 13.1 Å². The maximum atomic E-state index is 13.2. The highest BCUT2D eigenvalue weighted by atomic mass is 19.1. The molecule has 6 heteroatoms. The molecule has 0 aliphatic heterocycles. The summed E-state index contributed by atoms with van der Waals surface area (Å²) in [5.74, 6) is 0.279. The average molecular weight is 290 g/mol. The molecule has 0 aliphatic carbocycles. The van der Waals surface area contributed by atoms with Gasteiger partial charge >= 0.3 is 0 Å². The van der Waals surface area contributed by atoms with Gasteiger partial charge in [-0.1, -0.05) is 12.1 Å². The third kappa shape index (κ3) is 4.00. The Morgan fingerprint density at radius 1 is 1.19 bits per heavy atom. The summed E-state index contributed by atoms with van der Waals surface area (Å²) in [7, 11) is 1.59. The standard InChI is InChI=1S/C15H15FN2O3/c1-21-14-5-2-11(3-6-14)9-17-10-12-8-13(16)4-7-15(12)18(19)20/h2-8,17H,9-10H2,1H3. The minimum atomic E-state index is -0.510. The maximum absolute atomic E-state index is 13.2. The number of hydrogen-bond donors (Lipinski definition) is 1. The van der Waals surface area contributed by atoms with Crippen molar-refractivity contribution >= 4 is 5.69 Å². The quantitative estimate of drug-likeness (QED) is 0.656. The third-order valence-corrected chi connectivity index (χ3v) is 3.04. The first kappa shape index (κ1) is 14.9. The van der Waals surface area contributed by atoms with Crippen LogP contribution in [0.3, 0.4) is 0 Å². The topological polar surface area (TPSA) is 64.4 Å². The molecule has 0 radical (unpaired) electrons. The largest absolute Gasteiger partial charge is 0.497 e. The second-order valence-electron chi connectivity index (χ2n) is 4.48. The van der Waals surface area contributed by atoms with Crippen molar-refractivity contribution in [3.8, 4) is 5.75 Å². The Labute approximate surface area is 121 Å². The summed E-state index contributed by atoms with van der Waals surface area (Å²) in [4.78, 5) is 10.4. The SMILES string of the molecule is COc1ccc(CNCc2cc(F)ccc2[N+](=O)[O-])cc1. The molecule has 0 bridgehead atoms. The lowest BCUT2D eigenvalue weighted by atomic mass is 10.1. The van der Waals surface area contributed by atoms with E-state index in [-0.39, 0.29) is 12.2 Å². The van der Waals surface area contributed by atoms with Crippen molar-refractivity contribution in [2.75, 3.05) is 7.11 Å². The van der Waals surface area contributed by atoms with Crippen molar-refractivity contribution in [1.29, 1.82) is 0 Å². The summed E-state index contributed by atoms with van der Waals surface area (Å²) in [6.07, 6.45) is 0. The van der Waals surface area contributed by atoms with E-state index < -0.39 is 10.7 Å². The predicted octanol–water partition coefficient (Wildman–Crippen LogP) is 3.03. The van der Waals surface area contributed by atoms with E-state index in [1.54, 1.807) is 7.11 Å². The van der Waals surface area contributed by atoms with E-state index in [1.165, 1.54) is 12.1 Å². The van der Waals surface area contributed by atoms with Crippen LogP contribution < -0.4 is 10.1 Å². The highest BCUT2D eigenvalue weighted by Crippen LogP contribution is 2.19. The monoisotopic (exact) mass is 290 g/mol. The van der Waals surface area contributed by atoms with Crippen LogP contribution in [0.5, 0.6) is 5.75 Å². The Bertz CT molecular complexity index is 629. The molecular formula is C15H15FN2O3. The number of nitro groups is 1. The molecule has 0 atom stereocenters. The summed E-state index contributed by atoms with van der Waals surface area (Å²) in [6, 6.07) is 10.9. The number of halogens is 1. The first-order valence-corrected chi connectivity index (χ1v) is 6.36. The van der Waals surface area contributed by atoms with Gasteiger partial charge in [0.25, 0.3) is 5.69 Å². The molecule has 2 aromatic rings. The lowest BCUT2D eigenvalue weighted by molar-refractivity contribution is -0.385. The second-order valence-corrected chi connectivity index (χ2v) is 4.48. The molecule has 0 heterocycles. The molecular weight excluding hydrogens is 275 g/mol. The molecule has 0 aromatic heterocycles. The summed E-state index contributed by atoms with van der Waals surface area (Å²) in [6.45, 7) is 0.748. The first-order chi connectivity index (χ1) is 10.1. The van der Waals surface area contributed by atoms with Gasteiger partial charge in [0.15, 0.2) is 0 Å². The summed E-state index contributed by atoms with van der Waals surface area (Å²) in [5, 5.41) is 13.9. The van der Waals surface area contributed by atoms with E-state index in [0.717, 1.165) is 17.4 Å². The molecule has 1 N–H and O–H groups in total. The number of ether oxygens (including phenoxy) is 1. The van der Waals surface area contributed by atoms with Gasteiger partial charge in [-0.15, -0.1) is 0 Å². The van der Waals surface area contributed by atoms with E-state index in [4.69, 9.17) is 4.74 Å². The van der Waals surface area contributed by atoms with Crippen LogP contribution in [0.2, 0.25) is 0 Å². The van der Waals surface area contributed by atoms with Crippen molar-refractivity contribution in [3.63, 3.8) is 0 Å². The molecule has 0 aliphatic rings. The van der Waals surface area contributed by atoms with Gasteiger partial charge in [-0.25, -0.2) is 4.39 Å². The number of hydrogen-bond acceptors (Lipinski definition) is 4. The van der Waals surface area contributed by atoms with Crippen LogP contribution in [0.1, 0.15) is 11.1 Å². The number of rotatable bonds is 6.